The molecule has 0 amide bonds. The maximum atomic E-state index is 11.2. The molecule has 0 bridgehead atoms. The summed E-state index contributed by atoms with van der Waals surface area (Å²) in [5, 5.41) is 8.42. The van der Waals surface area contributed by atoms with Crippen molar-refractivity contribution < 1.29 is 23.7 Å². The zero-order valence-electron chi connectivity index (χ0n) is 10.4. The van der Waals surface area contributed by atoms with Crippen LogP contribution in [0.2, 0.25) is 0 Å². The van der Waals surface area contributed by atoms with Gasteiger partial charge < -0.3 is 18.9 Å². The highest BCUT2D eigenvalue weighted by molar-refractivity contribution is 5.91. The van der Waals surface area contributed by atoms with Gasteiger partial charge in [-0.25, -0.2) is 4.79 Å². The lowest BCUT2D eigenvalue weighted by atomic mass is 10.3. The molecule has 0 N–H and O–H groups in total. The number of methoxy groups -OCH3 is 1. The molecule has 0 heterocycles. The largest absolute Gasteiger partial charge is 0.432 e. The predicted molar refractivity (Wildman–Crippen MR) is 58.4 cm³/mol. The lowest BCUT2D eigenvalue weighted by Crippen LogP contribution is -2.28. The Hall–Kier alpha value is -1.42. The molecule has 17 heavy (non-hydrogen) atoms. The zero-order chi connectivity index (χ0) is 13.4. The van der Waals surface area contributed by atoms with Gasteiger partial charge in [0.2, 0.25) is 6.29 Å². The lowest BCUT2D eigenvalue weighted by Gasteiger charge is -2.21. The summed E-state index contributed by atoms with van der Waals surface area (Å²) in [6.45, 7) is 8.08. The van der Waals surface area contributed by atoms with Crippen molar-refractivity contribution in [2.75, 3.05) is 7.11 Å². The van der Waals surface area contributed by atoms with Crippen LogP contribution < -0.4 is 0 Å². The fourth-order valence-corrected chi connectivity index (χ4v) is 0.923. The number of carbonyl (C=O) groups excluding carboxylic acids is 1. The van der Waals surface area contributed by atoms with Crippen molar-refractivity contribution in [1.82, 2.24) is 0 Å². The van der Waals surface area contributed by atoms with Crippen LogP contribution in [0.5, 0.6) is 0 Å². The molecule has 0 aromatic carbocycles. The average Bonchev–Trinajstić information content (AvgIpc) is 2.26. The van der Waals surface area contributed by atoms with Gasteiger partial charge in [-0.1, -0.05) is 6.58 Å². The third kappa shape index (κ3) is 6.68. The number of nitriles is 1. The molecular weight excluding hydrogens is 226 g/mol. The predicted octanol–water partition coefficient (Wildman–Crippen LogP) is 1.33. The first-order valence-corrected chi connectivity index (χ1v) is 5.04. The standard InChI is InChI=1S/C11H17NO5/c1-7(6-12)11(13)17-10(4)16-9(3)15-8(2)14-5/h8-10H,1H2,2-5H3. The molecule has 0 aliphatic rings. The fraction of sp³-hybridized carbons (Fsp3) is 0.636. The minimum absolute atomic E-state index is 0.278. The molecule has 0 aliphatic carbocycles. The molecule has 6 nitrogen and oxygen atoms in total. The third-order valence-electron chi connectivity index (χ3n) is 1.75. The van der Waals surface area contributed by atoms with Gasteiger partial charge in [0.1, 0.15) is 11.6 Å². The first-order chi connectivity index (χ1) is 7.90. The van der Waals surface area contributed by atoms with E-state index in [9.17, 15) is 4.79 Å². The number of esters is 1. The SMILES string of the molecule is C=C(C#N)C(=O)OC(C)OC(C)OC(C)OC. The third-order valence-corrected chi connectivity index (χ3v) is 1.75. The summed E-state index contributed by atoms with van der Waals surface area (Å²) in [6, 6.07) is 1.59. The topological polar surface area (TPSA) is 77.8 Å². The summed E-state index contributed by atoms with van der Waals surface area (Å²) in [6.07, 6.45) is -1.88. The van der Waals surface area contributed by atoms with Gasteiger partial charge in [-0.2, -0.15) is 5.26 Å². The molecule has 3 atom stereocenters. The van der Waals surface area contributed by atoms with E-state index < -0.39 is 24.8 Å². The van der Waals surface area contributed by atoms with Crippen molar-refractivity contribution >= 4 is 5.97 Å². The minimum atomic E-state index is -0.841. The van der Waals surface area contributed by atoms with Crippen LogP contribution in [0.1, 0.15) is 20.8 Å². The van der Waals surface area contributed by atoms with Gasteiger partial charge in [-0.15, -0.1) is 0 Å². The summed E-state index contributed by atoms with van der Waals surface area (Å²) in [5.74, 6) is -0.813. The van der Waals surface area contributed by atoms with Crippen molar-refractivity contribution in [3.63, 3.8) is 0 Å². The molecule has 0 radical (unpaired) electrons. The Morgan fingerprint density at radius 3 is 2.18 bits per heavy atom. The molecule has 96 valence electrons. The van der Waals surface area contributed by atoms with Gasteiger partial charge in [0.25, 0.3) is 0 Å². The van der Waals surface area contributed by atoms with Crippen LogP contribution >= 0.6 is 0 Å². The minimum Gasteiger partial charge on any atom is -0.432 e. The van der Waals surface area contributed by atoms with Crippen LogP contribution in [0.25, 0.3) is 0 Å². The van der Waals surface area contributed by atoms with Crippen LogP contribution in [-0.4, -0.2) is 31.9 Å². The van der Waals surface area contributed by atoms with Gasteiger partial charge in [0.15, 0.2) is 12.6 Å². The second-order valence-corrected chi connectivity index (χ2v) is 3.21. The van der Waals surface area contributed by atoms with Crippen LogP contribution in [0, 0.1) is 11.3 Å². The van der Waals surface area contributed by atoms with Crippen molar-refractivity contribution in [2.24, 2.45) is 0 Å². The number of hydrogen-bond acceptors (Lipinski definition) is 6. The molecule has 0 saturated heterocycles. The molecule has 0 saturated carbocycles. The van der Waals surface area contributed by atoms with E-state index in [1.54, 1.807) is 19.9 Å². The Kier molecular flexibility index (Phi) is 7.14. The van der Waals surface area contributed by atoms with Crippen LogP contribution in [0.4, 0.5) is 0 Å². The smallest absolute Gasteiger partial charge is 0.350 e. The summed E-state index contributed by atoms with van der Waals surface area (Å²) >= 11 is 0. The quantitative estimate of drug-likeness (QED) is 0.290. The first kappa shape index (κ1) is 15.6. The van der Waals surface area contributed by atoms with E-state index in [1.807, 2.05) is 0 Å². The van der Waals surface area contributed by atoms with E-state index in [1.165, 1.54) is 14.0 Å². The van der Waals surface area contributed by atoms with Crippen LogP contribution in [0.15, 0.2) is 12.2 Å². The number of nitrogens with zero attached hydrogens (tertiary/aromatic N) is 1. The van der Waals surface area contributed by atoms with Crippen molar-refractivity contribution in [1.29, 1.82) is 5.26 Å². The van der Waals surface area contributed by atoms with E-state index in [0.717, 1.165) is 0 Å². The summed E-state index contributed by atoms with van der Waals surface area (Å²) in [4.78, 5) is 11.2. The van der Waals surface area contributed by atoms with Gasteiger partial charge >= 0.3 is 5.97 Å². The highest BCUT2D eigenvalue weighted by Gasteiger charge is 2.17. The molecule has 0 fully saturated rings. The Balaban J connectivity index is 4.02. The highest BCUT2D eigenvalue weighted by atomic mass is 16.8. The summed E-state index contributed by atoms with van der Waals surface area (Å²) < 4.78 is 20.1. The molecule has 0 spiro atoms. The molecular formula is C11H17NO5. The zero-order valence-corrected chi connectivity index (χ0v) is 10.4. The molecule has 0 rings (SSSR count). The second kappa shape index (κ2) is 7.79. The molecule has 0 aromatic rings. The number of hydrogen-bond donors (Lipinski definition) is 0. The molecule has 6 heteroatoms. The van der Waals surface area contributed by atoms with E-state index in [4.69, 9.17) is 24.2 Å². The number of rotatable bonds is 7. The maximum absolute atomic E-state index is 11.2. The maximum Gasteiger partial charge on any atom is 0.350 e. The normalized spacial score (nSPS) is 15.5. The summed E-state index contributed by atoms with van der Waals surface area (Å²) in [7, 11) is 1.50. The lowest BCUT2D eigenvalue weighted by molar-refractivity contribution is -0.269. The van der Waals surface area contributed by atoms with Gasteiger partial charge in [0.05, 0.1) is 0 Å². The van der Waals surface area contributed by atoms with Crippen molar-refractivity contribution in [2.45, 2.75) is 39.6 Å². The Morgan fingerprint density at radius 2 is 1.71 bits per heavy atom. The average molecular weight is 243 g/mol. The van der Waals surface area contributed by atoms with Crippen molar-refractivity contribution in [3.05, 3.63) is 12.2 Å². The summed E-state index contributed by atoms with van der Waals surface area (Å²) in [5.41, 5.74) is -0.278. The molecule has 0 aliphatic heterocycles. The Bertz CT molecular complexity index is 309. The molecule has 0 aromatic heterocycles. The monoisotopic (exact) mass is 243 g/mol. The Morgan fingerprint density at radius 1 is 1.18 bits per heavy atom. The van der Waals surface area contributed by atoms with Gasteiger partial charge in [-0.05, 0) is 20.8 Å². The van der Waals surface area contributed by atoms with Crippen LogP contribution in [-0.2, 0) is 23.7 Å². The Labute approximate surface area is 101 Å². The molecule has 3 unspecified atom stereocenters. The van der Waals surface area contributed by atoms with Gasteiger partial charge in [0, 0.05) is 7.11 Å². The van der Waals surface area contributed by atoms with E-state index >= 15 is 0 Å². The van der Waals surface area contributed by atoms with Crippen molar-refractivity contribution in [3.8, 4) is 6.07 Å². The van der Waals surface area contributed by atoms with E-state index in [-0.39, 0.29) is 5.57 Å². The number of carbonyl (C=O) groups is 1. The highest BCUT2D eigenvalue weighted by Crippen LogP contribution is 2.06. The van der Waals surface area contributed by atoms with E-state index in [0.29, 0.717) is 0 Å². The van der Waals surface area contributed by atoms with Crippen LogP contribution in [0.3, 0.4) is 0 Å². The van der Waals surface area contributed by atoms with E-state index in [2.05, 4.69) is 6.58 Å². The number of ether oxygens (including phenoxy) is 4. The second-order valence-electron chi connectivity index (χ2n) is 3.21. The fourth-order valence-electron chi connectivity index (χ4n) is 0.923. The van der Waals surface area contributed by atoms with Gasteiger partial charge in [-0.3, -0.25) is 0 Å². The first-order valence-electron chi connectivity index (χ1n) is 5.04.